The number of benzene rings is 1. The number of carbonyl (C=O) groups is 2. The molecule has 0 spiro atoms. The largest absolute Gasteiger partial charge is 0.397 e. The number of nitrogens with one attached hydrogen (secondary N) is 2. The summed E-state index contributed by atoms with van der Waals surface area (Å²) in [4.78, 5) is 21.7. The van der Waals surface area contributed by atoms with Gasteiger partial charge in [-0.05, 0) is 31.0 Å². The summed E-state index contributed by atoms with van der Waals surface area (Å²) in [5, 5.41) is 5.29. The predicted octanol–water partition coefficient (Wildman–Crippen LogP) is 2.43. The lowest BCUT2D eigenvalue weighted by atomic mass is 10.1. The molecule has 4 N–H and O–H groups in total. The quantitative estimate of drug-likeness (QED) is 0.352. The van der Waals surface area contributed by atoms with Crippen LogP contribution in [0.25, 0.3) is 0 Å². The van der Waals surface area contributed by atoms with E-state index in [1.54, 1.807) is 0 Å². The minimum Gasteiger partial charge on any atom is -0.397 e. The smallest absolute Gasteiger partial charge is 0.224 e. The Hall–Kier alpha value is -2.11. The maximum atomic E-state index is 12.9. The average molecular weight is 295 g/mol. The number of nitrogens with two attached hydrogens (primary N) is 1. The Morgan fingerprint density at radius 3 is 2.62 bits per heavy atom. The average Bonchev–Trinajstić information content (AvgIpc) is 2.45. The maximum Gasteiger partial charge on any atom is 0.224 e. The van der Waals surface area contributed by atoms with Crippen LogP contribution < -0.4 is 16.4 Å². The molecule has 0 aliphatic heterocycles. The van der Waals surface area contributed by atoms with Gasteiger partial charge in [0.1, 0.15) is 5.82 Å². The zero-order valence-electron chi connectivity index (χ0n) is 12.0. The van der Waals surface area contributed by atoms with Crippen molar-refractivity contribution in [2.75, 3.05) is 17.6 Å². The fraction of sp³-hybridized carbons (Fsp3) is 0.467. The van der Waals surface area contributed by atoms with Crippen molar-refractivity contribution in [2.24, 2.45) is 0 Å². The molecular formula is C15H22FN3O2. The first kappa shape index (κ1) is 16.9. The Balaban J connectivity index is 2.12. The van der Waals surface area contributed by atoms with E-state index in [1.165, 1.54) is 18.2 Å². The molecule has 116 valence electrons. The molecule has 2 amide bonds. The number of nitrogen functional groups attached to an aromatic ring is 1. The monoisotopic (exact) mass is 295 g/mol. The van der Waals surface area contributed by atoms with Crippen molar-refractivity contribution in [3.8, 4) is 0 Å². The van der Waals surface area contributed by atoms with Gasteiger partial charge < -0.3 is 16.4 Å². The topological polar surface area (TPSA) is 84.2 Å². The predicted molar refractivity (Wildman–Crippen MR) is 81.2 cm³/mol. The molecule has 21 heavy (non-hydrogen) atoms. The van der Waals surface area contributed by atoms with E-state index < -0.39 is 5.82 Å². The van der Waals surface area contributed by atoms with Crippen molar-refractivity contribution in [1.29, 1.82) is 0 Å². The van der Waals surface area contributed by atoms with Crippen LogP contribution in [-0.2, 0) is 9.59 Å². The SMILES string of the molecule is Nc1cc(F)ccc1NC(=O)CCCCCCCNC=O. The summed E-state index contributed by atoms with van der Waals surface area (Å²) >= 11 is 0. The molecule has 1 aromatic rings. The summed E-state index contributed by atoms with van der Waals surface area (Å²) < 4.78 is 12.9. The van der Waals surface area contributed by atoms with Gasteiger partial charge in [0.2, 0.25) is 12.3 Å². The molecule has 0 unspecified atom stereocenters. The Bertz CT molecular complexity index is 466. The summed E-state index contributed by atoms with van der Waals surface area (Å²) in [5.74, 6) is -0.537. The number of halogens is 1. The lowest BCUT2D eigenvalue weighted by molar-refractivity contribution is -0.116. The van der Waals surface area contributed by atoms with Crippen molar-refractivity contribution in [3.05, 3.63) is 24.0 Å². The molecule has 0 radical (unpaired) electrons. The van der Waals surface area contributed by atoms with Gasteiger partial charge >= 0.3 is 0 Å². The minimum atomic E-state index is -0.422. The van der Waals surface area contributed by atoms with Gasteiger partial charge in [-0.25, -0.2) is 4.39 Å². The van der Waals surface area contributed by atoms with E-state index in [0.29, 0.717) is 25.1 Å². The van der Waals surface area contributed by atoms with E-state index >= 15 is 0 Å². The molecule has 1 rings (SSSR count). The Kier molecular flexibility index (Phi) is 7.86. The fourth-order valence-electron chi connectivity index (χ4n) is 1.96. The van der Waals surface area contributed by atoms with E-state index in [1.807, 2.05) is 0 Å². The molecule has 0 aromatic heterocycles. The highest BCUT2D eigenvalue weighted by Gasteiger charge is 2.05. The van der Waals surface area contributed by atoms with Crippen molar-refractivity contribution in [2.45, 2.75) is 38.5 Å². The van der Waals surface area contributed by atoms with Gasteiger partial charge in [-0.2, -0.15) is 0 Å². The van der Waals surface area contributed by atoms with E-state index in [9.17, 15) is 14.0 Å². The third kappa shape index (κ3) is 7.29. The van der Waals surface area contributed by atoms with Crippen LogP contribution in [0, 0.1) is 5.82 Å². The fourth-order valence-corrected chi connectivity index (χ4v) is 1.96. The molecule has 0 fully saturated rings. The normalized spacial score (nSPS) is 10.1. The third-order valence-electron chi connectivity index (χ3n) is 3.10. The van der Waals surface area contributed by atoms with Crippen LogP contribution in [-0.4, -0.2) is 18.9 Å². The summed E-state index contributed by atoms with van der Waals surface area (Å²) in [6, 6.07) is 3.91. The number of amides is 2. The second-order valence-electron chi connectivity index (χ2n) is 4.87. The molecular weight excluding hydrogens is 273 g/mol. The molecule has 5 nitrogen and oxygen atoms in total. The highest BCUT2D eigenvalue weighted by molar-refractivity contribution is 5.93. The molecule has 0 aliphatic carbocycles. The highest BCUT2D eigenvalue weighted by atomic mass is 19.1. The third-order valence-corrected chi connectivity index (χ3v) is 3.10. The lowest BCUT2D eigenvalue weighted by Gasteiger charge is -2.08. The molecule has 0 saturated heterocycles. The first-order chi connectivity index (χ1) is 10.1. The Labute approximate surface area is 124 Å². The molecule has 0 bridgehead atoms. The summed E-state index contributed by atoms with van der Waals surface area (Å²) in [6.45, 7) is 0.702. The Morgan fingerprint density at radius 2 is 1.90 bits per heavy atom. The summed E-state index contributed by atoms with van der Waals surface area (Å²) in [5.41, 5.74) is 6.29. The number of hydrogen-bond acceptors (Lipinski definition) is 3. The van der Waals surface area contributed by atoms with Gasteiger partial charge in [0.25, 0.3) is 0 Å². The van der Waals surface area contributed by atoms with E-state index in [4.69, 9.17) is 5.73 Å². The van der Waals surface area contributed by atoms with Gasteiger partial charge in [0.05, 0.1) is 11.4 Å². The van der Waals surface area contributed by atoms with Crippen molar-refractivity contribution in [1.82, 2.24) is 5.32 Å². The first-order valence-electron chi connectivity index (χ1n) is 7.15. The van der Waals surface area contributed by atoms with Crippen LogP contribution in [0.3, 0.4) is 0 Å². The standard InChI is InChI=1S/C15H22FN3O2/c16-12-7-8-14(13(17)10-12)19-15(21)6-4-2-1-3-5-9-18-11-20/h7-8,10-11H,1-6,9,17H2,(H,18,20)(H,19,21). The van der Waals surface area contributed by atoms with Crippen LogP contribution in [0.15, 0.2) is 18.2 Å². The number of unbranched alkanes of at least 4 members (excludes halogenated alkanes) is 4. The van der Waals surface area contributed by atoms with E-state index in [0.717, 1.165) is 32.1 Å². The van der Waals surface area contributed by atoms with Gasteiger partial charge in [-0.15, -0.1) is 0 Å². The van der Waals surface area contributed by atoms with Crippen LogP contribution >= 0.6 is 0 Å². The first-order valence-corrected chi connectivity index (χ1v) is 7.15. The van der Waals surface area contributed by atoms with Gasteiger partial charge in [0.15, 0.2) is 0 Å². The van der Waals surface area contributed by atoms with Crippen LogP contribution in [0.4, 0.5) is 15.8 Å². The number of anilines is 2. The van der Waals surface area contributed by atoms with Crippen LogP contribution in [0.2, 0.25) is 0 Å². The summed E-state index contributed by atoms with van der Waals surface area (Å²) in [7, 11) is 0. The minimum absolute atomic E-state index is 0.115. The molecule has 0 heterocycles. The molecule has 0 atom stereocenters. The lowest BCUT2D eigenvalue weighted by Crippen LogP contribution is -2.13. The van der Waals surface area contributed by atoms with Crippen LogP contribution in [0.5, 0.6) is 0 Å². The van der Waals surface area contributed by atoms with Gasteiger partial charge in [-0.1, -0.05) is 19.3 Å². The molecule has 6 heteroatoms. The molecule has 0 saturated carbocycles. The Morgan fingerprint density at radius 1 is 1.19 bits per heavy atom. The maximum absolute atomic E-state index is 12.9. The zero-order chi connectivity index (χ0) is 15.5. The highest BCUT2D eigenvalue weighted by Crippen LogP contribution is 2.19. The second-order valence-corrected chi connectivity index (χ2v) is 4.87. The molecule has 0 aliphatic rings. The second kappa shape index (κ2) is 9.74. The number of hydrogen-bond donors (Lipinski definition) is 3. The van der Waals surface area contributed by atoms with Crippen molar-refractivity contribution >= 4 is 23.7 Å². The zero-order valence-corrected chi connectivity index (χ0v) is 12.0. The van der Waals surface area contributed by atoms with E-state index in [2.05, 4.69) is 10.6 Å². The molecule has 1 aromatic carbocycles. The summed E-state index contributed by atoms with van der Waals surface area (Å²) in [6.07, 6.45) is 5.91. The van der Waals surface area contributed by atoms with Gasteiger partial charge in [-0.3, -0.25) is 9.59 Å². The van der Waals surface area contributed by atoms with Crippen molar-refractivity contribution < 1.29 is 14.0 Å². The number of carbonyl (C=O) groups excluding carboxylic acids is 2. The van der Waals surface area contributed by atoms with Gasteiger partial charge in [0, 0.05) is 13.0 Å². The van der Waals surface area contributed by atoms with Crippen molar-refractivity contribution in [3.63, 3.8) is 0 Å². The number of rotatable bonds is 10. The van der Waals surface area contributed by atoms with Crippen LogP contribution in [0.1, 0.15) is 38.5 Å². The van der Waals surface area contributed by atoms with E-state index in [-0.39, 0.29) is 11.6 Å².